The average molecular weight is 536 g/mol. The Morgan fingerprint density at radius 2 is 1.97 bits per heavy atom. The summed E-state index contributed by atoms with van der Waals surface area (Å²) >= 11 is 6.49. The van der Waals surface area contributed by atoms with E-state index >= 15 is 0 Å². The highest BCUT2D eigenvalue weighted by molar-refractivity contribution is 6.30. The molecule has 0 bridgehead atoms. The first kappa shape index (κ1) is 25.9. The molecule has 0 saturated carbocycles. The Kier molecular flexibility index (Phi) is 7.72. The summed E-state index contributed by atoms with van der Waals surface area (Å²) in [6.45, 7) is 2.79. The van der Waals surface area contributed by atoms with E-state index in [4.69, 9.17) is 30.5 Å². The molecular formula is C29H30ClN3O5. The lowest BCUT2D eigenvalue weighted by molar-refractivity contribution is -0.142. The van der Waals surface area contributed by atoms with Gasteiger partial charge in [0.1, 0.15) is 12.2 Å². The zero-order chi connectivity index (χ0) is 26.6. The Morgan fingerprint density at radius 3 is 2.76 bits per heavy atom. The van der Waals surface area contributed by atoms with Gasteiger partial charge in [0.25, 0.3) is 0 Å². The first-order valence-corrected chi connectivity index (χ1v) is 12.9. The Balaban J connectivity index is 1.49. The van der Waals surface area contributed by atoms with Crippen LogP contribution in [-0.2, 0) is 27.2 Å². The average Bonchev–Trinajstić information content (AvgIpc) is 3.56. The largest absolute Gasteiger partial charge is 0.493 e. The predicted octanol–water partition coefficient (Wildman–Crippen LogP) is 5.70. The maximum absolute atomic E-state index is 11.9. The molecule has 1 aliphatic rings. The Morgan fingerprint density at radius 1 is 1.11 bits per heavy atom. The number of aryl methyl sites for hydroxylation is 1. The van der Waals surface area contributed by atoms with Gasteiger partial charge < -0.3 is 28.1 Å². The summed E-state index contributed by atoms with van der Waals surface area (Å²) in [7, 11) is 3.25. The van der Waals surface area contributed by atoms with Crippen molar-refractivity contribution >= 4 is 17.6 Å². The van der Waals surface area contributed by atoms with Crippen molar-refractivity contribution in [2.45, 2.75) is 38.5 Å². The van der Waals surface area contributed by atoms with E-state index in [0.29, 0.717) is 41.8 Å². The van der Waals surface area contributed by atoms with Crippen molar-refractivity contribution in [3.8, 4) is 17.2 Å². The zero-order valence-electron chi connectivity index (χ0n) is 21.6. The molecule has 3 heterocycles. The fourth-order valence-corrected chi connectivity index (χ4v) is 5.14. The third kappa shape index (κ3) is 5.14. The molecular weight excluding hydrogens is 506 g/mol. The molecule has 2 atom stereocenters. The molecule has 0 N–H and O–H groups in total. The number of para-hydroxylation sites is 1. The number of esters is 1. The highest BCUT2D eigenvalue weighted by Gasteiger charge is 2.32. The number of methoxy groups -OCH3 is 2. The molecule has 0 aliphatic carbocycles. The van der Waals surface area contributed by atoms with Crippen LogP contribution in [0.15, 0.2) is 67.3 Å². The van der Waals surface area contributed by atoms with Gasteiger partial charge >= 0.3 is 5.97 Å². The van der Waals surface area contributed by atoms with Crippen molar-refractivity contribution in [2.24, 2.45) is 0 Å². The summed E-state index contributed by atoms with van der Waals surface area (Å²) in [6.07, 6.45) is 5.76. The number of aromatic nitrogens is 3. The Bertz CT molecular complexity index is 1430. The monoisotopic (exact) mass is 535 g/mol. The number of halogens is 1. The van der Waals surface area contributed by atoms with Crippen LogP contribution in [0.4, 0.5) is 0 Å². The molecule has 1 aliphatic heterocycles. The number of carbonyl (C=O) groups excluding carboxylic acids is 1. The second-order valence-electron chi connectivity index (χ2n) is 8.97. The number of ether oxygens (including phenoxy) is 4. The summed E-state index contributed by atoms with van der Waals surface area (Å²) in [5, 5.41) is 0.624. The first-order chi connectivity index (χ1) is 18.5. The minimum absolute atomic E-state index is 0.150. The van der Waals surface area contributed by atoms with Crippen LogP contribution in [0, 0.1) is 0 Å². The maximum atomic E-state index is 11.9. The molecule has 0 amide bonds. The van der Waals surface area contributed by atoms with E-state index in [0.717, 1.165) is 22.5 Å². The highest BCUT2D eigenvalue weighted by Crippen LogP contribution is 2.46. The molecule has 5 rings (SSSR count). The number of carbonyl (C=O) groups is 1. The highest BCUT2D eigenvalue weighted by atomic mass is 35.5. The molecule has 0 spiro atoms. The number of hydrogen-bond donors (Lipinski definition) is 0. The lowest BCUT2D eigenvalue weighted by Gasteiger charge is -2.25. The van der Waals surface area contributed by atoms with E-state index in [1.54, 1.807) is 27.5 Å². The SMILES string of the molecule is CCOC(=O)Cc1cn(CC[C@H]2O[C@H](c3cccc(OC)c3OC)c3cc(Cl)ccc3-n3cccc32)cn1. The third-order valence-electron chi connectivity index (χ3n) is 6.62. The van der Waals surface area contributed by atoms with E-state index < -0.39 is 6.10 Å². The van der Waals surface area contributed by atoms with Crippen LogP contribution in [0.2, 0.25) is 5.02 Å². The number of imidazole rings is 1. The quantitative estimate of drug-likeness (QED) is 0.256. The van der Waals surface area contributed by atoms with Crippen LogP contribution >= 0.6 is 11.6 Å². The standard InChI is InChI=1S/C29H30ClN3O5/c1-4-37-27(34)16-20-17-32(18-31-20)14-12-25-24-8-6-13-33(24)23-11-10-19(30)15-22(23)28(38-25)21-7-5-9-26(35-2)29(21)36-3/h5-11,13,15,17-18,25,28H,4,12,14,16H2,1-3H3/t25-,28-/m1/s1. The fraction of sp³-hybridized carbons (Fsp3) is 0.310. The van der Waals surface area contributed by atoms with Gasteiger partial charge in [-0.3, -0.25) is 4.79 Å². The van der Waals surface area contributed by atoms with E-state index in [1.807, 2.05) is 59.4 Å². The van der Waals surface area contributed by atoms with Crippen LogP contribution in [0.25, 0.3) is 5.69 Å². The lowest BCUT2D eigenvalue weighted by Crippen LogP contribution is -2.13. The molecule has 2 aromatic carbocycles. The van der Waals surface area contributed by atoms with Crippen LogP contribution < -0.4 is 9.47 Å². The number of fused-ring (bicyclic) bond motifs is 3. The van der Waals surface area contributed by atoms with Gasteiger partial charge in [0, 0.05) is 35.1 Å². The van der Waals surface area contributed by atoms with Crippen molar-refractivity contribution in [2.75, 3.05) is 20.8 Å². The maximum Gasteiger partial charge on any atom is 0.311 e. The topological polar surface area (TPSA) is 76.7 Å². The van der Waals surface area contributed by atoms with Crippen molar-refractivity contribution in [3.63, 3.8) is 0 Å². The predicted molar refractivity (Wildman–Crippen MR) is 143 cm³/mol. The second-order valence-corrected chi connectivity index (χ2v) is 9.40. The van der Waals surface area contributed by atoms with E-state index in [1.165, 1.54) is 0 Å². The van der Waals surface area contributed by atoms with Crippen molar-refractivity contribution in [3.05, 3.63) is 94.8 Å². The summed E-state index contributed by atoms with van der Waals surface area (Å²) in [4.78, 5) is 16.2. The van der Waals surface area contributed by atoms with Gasteiger partial charge in [0.15, 0.2) is 11.5 Å². The van der Waals surface area contributed by atoms with Crippen molar-refractivity contribution in [1.82, 2.24) is 14.1 Å². The number of benzene rings is 2. The van der Waals surface area contributed by atoms with Crippen molar-refractivity contribution < 1.29 is 23.7 Å². The normalized spacial score (nSPS) is 16.3. The zero-order valence-corrected chi connectivity index (χ0v) is 22.4. The van der Waals surface area contributed by atoms with Gasteiger partial charge in [0.2, 0.25) is 0 Å². The smallest absolute Gasteiger partial charge is 0.311 e. The van der Waals surface area contributed by atoms with Crippen molar-refractivity contribution in [1.29, 1.82) is 0 Å². The summed E-state index contributed by atoms with van der Waals surface area (Å²) < 4.78 is 27.4. The van der Waals surface area contributed by atoms with Crippen LogP contribution in [0.3, 0.4) is 0 Å². The molecule has 198 valence electrons. The van der Waals surface area contributed by atoms with Gasteiger partial charge in [-0.15, -0.1) is 0 Å². The van der Waals surface area contributed by atoms with Gasteiger partial charge in [-0.05, 0) is 49.7 Å². The fourth-order valence-electron chi connectivity index (χ4n) is 4.96. The van der Waals surface area contributed by atoms with Crippen LogP contribution in [-0.4, -0.2) is 40.9 Å². The van der Waals surface area contributed by atoms with E-state index in [9.17, 15) is 4.79 Å². The molecule has 0 radical (unpaired) electrons. The first-order valence-electron chi connectivity index (χ1n) is 12.5. The minimum Gasteiger partial charge on any atom is -0.493 e. The van der Waals surface area contributed by atoms with E-state index in [2.05, 4.69) is 15.6 Å². The summed E-state index contributed by atoms with van der Waals surface area (Å²) in [6, 6.07) is 15.7. The molecule has 4 aromatic rings. The van der Waals surface area contributed by atoms with Crippen LogP contribution in [0.5, 0.6) is 11.5 Å². The van der Waals surface area contributed by atoms with Gasteiger partial charge in [0.05, 0.1) is 50.6 Å². The summed E-state index contributed by atoms with van der Waals surface area (Å²) in [5.74, 6) is 0.966. The van der Waals surface area contributed by atoms with Gasteiger partial charge in [-0.2, -0.15) is 0 Å². The van der Waals surface area contributed by atoms with Crippen LogP contribution in [0.1, 0.15) is 48.1 Å². The molecule has 8 nitrogen and oxygen atoms in total. The molecule has 38 heavy (non-hydrogen) atoms. The molecule has 0 fully saturated rings. The number of nitrogens with zero attached hydrogens (tertiary/aromatic N) is 3. The Labute approximate surface area is 226 Å². The molecule has 9 heteroatoms. The van der Waals surface area contributed by atoms with Gasteiger partial charge in [-0.25, -0.2) is 4.98 Å². The Hall–Kier alpha value is -3.75. The lowest BCUT2D eigenvalue weighted by atomic mass is 9.98. The summed E-state index contributed by atoms with van der Waals surface area (Å²) in [5.41, 5.74) is 4.49. The van der Waals surface area contributed by atoms with Gasteiger partial charge in [-0.1, -0.05) is 23.7 Å². The molecule has 0 unspecified atom stereocenters. The minimum atomic E-state index is -0.458. The molecule has 0 saturated heterocycles. The number of hydrogen-bond acceptors (Lipinski definition) is 6. The van der Waals surface area contributed by atoms with E-state index in [-0.39, 0.29) is 18.5 Å². The third-order valence-corrected chi connectivity index (χ3v) is 6.86. The second kappa shape index (κ2) is 11.3. The molecule has 2 aromatic heterocycles. The number of rotatable bonds is 9.